The highest BCUT2D eigenvalue weighted by Crippen LogP contribution is 2.27. The van der Waals surface area contributed by atoms with E-state index in [9.17, 15) is 9.18 Å². The molecule has 0 aliphatic heterocycles. The zero-order valence-corrected chi connectivity index (χ0v) is 14.4. The number of amides is 1. The van der Waals surface area contributed by atoms with Gasteiger partial charge in [-0.15, -0.1) is 0 Å². The van der Waals surface area contributed by atoms with Gasteiger partial charge in [0.05, 0.1) is 20.8 Å². The van der Waals surface area contributed by atoms with E-state index in [1.165, 1.54) is 12.1 Å². The van der Waals surface area contributed by atoms with Crippen LogP contribution >= 0.6 is 0 Å². The second-order valence-corrected chi connectivity index (χ2v) is 5.37. The van der Waals surface area contributed by atoms with Crippen molar-refractivity contribution in [3.8, 4) is 17.2 Å². The van der Waals surface area contributed by atoms with Crippen molar-refractivity contribution in [3.05, 3.63) is 53.8 Å². The maximum Gasteiger partial charge on any atom is 0.220 e. The van der Waals surface area contributed by atoms with Crippen molar-refractivity contribution >= 4 is 5.91 Å². The number of methoxy groups -OCH3 is 2. The van der Waals surface area contributed by atoms with Crippen LogP contribution in [0.2, 0.25) is 0 Å². The van der Waals surface area contributed by atoms with Gasteiger partial charge < -0.3 is 19.5 Å². The molecule has 0 radical (unpaired) electrons. The van der Waals surface area contributed by atoms with E-state index in [2.05, 4.69) is 5.32 Å². The van der Waals surface area contributed by atoms with Crippen LogP contribution in [0, 0.1) is 5.82 Å². The van der Waals surface area contributed by atoms with Crippen molar-refractivity contribution in [2.45, 2.75) is 19.4 Å². The Morgan fingerprint density at radius 3 is 2.44 bits per heavy atom. The van der Waals surface area contributed by atoms with Gasteiger partial charge in [0.1, 0.15) is 11.6 Å². The molecule has 6 heteroatoms. The van der Waals surface area contributed by atoms with Gasteiger partial charge >= 0.3 is 0 Å². The number of carbonyl (C=O) groups is 1. The molecular weight excluding hydrogens is 325 g/mol. The highest BCUT2D eigenvalue weighted by Gasteiger charge is 2.06. The van der Waals surface area contributed by atoms with E-state index in [0.717, 1.165) is 5.56 Å². The van der Waals surface area contributed by atoms with Crippen molar-refractivity contribution in [2.75, 3.05) is 20.8 Å². The van der Waals surface area contributed by atoms with Gasteiger partial charge in [-0.1, -0.05) is 6.07 Å². The van der Waals surface area contributed by atoms with E-state index in [1.807, 2.05) is 12.1 Å². The van der Waals surface area contributed by atoms with Crippen LogP contribution in [0.5, 0.6) is 17.2 Å². The molecule has 134 valence electrons. The number of hydrogen-bond acceptors (Lipinski definition) is 4. The molecule has 2 rings (SSSR count). The van der Waals surface area contributed by atoms with Crippen molar-refractivity contribution in [3.63, 3.8) is 0 Å². The van der Waals surface area contributed by atoms with Gasteiger partial charge in [-0.2, -0.15) is 0 Å². The predicted molar refractivity (Wildman–Crippen MR) is 92.5 cm³/mol. The Balaban J connectivity index is 1.69. The minimum atomic E-state index is -0.304. The third kappa shape index (κ3) is 5.99. The van der Waals surface area contributed by atoms with Gasteiger partial charge in [-0.3, -0.25) is 4.79 Å². The first kappa shape index (κ1) is 18.6. The normalized spacial score (nSPS) is 10.2. The Hall–Kier alpha value is -2.76. The Morgan fingerprint density at radius 1 is 1.04 bits per heavy atom. The topological polar surface area (TPSA) is 56.8 Å². The van der Waals surface area contributed by atoms with Crippen LogP contribution in [0.1, 0.15) is 18.4 Å². The summed E-state index contributed by atoms with van der Waals surface area (Å²) >= 11 is 0. The van der Waals surface area contributed by atoms with E-state index in [-0.39, 0.29) is 11.7 Å². The number of hydrogen-bond donors (Lipinski definition) is 1. The quantitative estimate of drug-likeness (QED) is 0.707. The summed E-state index contributed by atoms with van der Waals surface area (Å²) in [5.74, 6) is 1.50. The molecule has 0 aliphatic rings. The van der Waals surface area contributed by atoms with Crippen LogP contribution in [0.4, 0.5) is 4.39 Å². The average Bonchev–Trinajstić information content (AvgIpc) is 2.64. The summed E-state index contributed by atoms with van der Waals surface area (Å²) < 4.78 is 28.6. The number of ether oxygens (including phenoxy) is 3. The zero-order chi connectivity index (χ0) is 18.1. The number of benzene rings is 2. The first-order chi connectivity index (χ1) is 12.1. The van der Waals surface area contributed by atoms with Crippen LogP contribution in [0.3, 0.4) is 0 Å². The van der Waals surface area contributed by atoms with Crippen LogP contribution < -0.4 is 19.5 Å². The Labute approximate surface area is 146 Å². The lowest BCUT2D eigenvalue weighted by molar-refractivity contribution is -0.121. The van der Waals surface area contributed by atoms with Crippen LogP contribution in [-0.2, 0) is 11.3 Å². The fourth-order valence-corrected chi connectivity index (χ4v) is 2.23. The maximum absolute atomic E-state index is 12.8. The molecule has 0 heterocycles. The summed E-state index contributed by atoms with van der Waals surface area (Å²) in [4.78, 5) is 11.9. The van der Waals surface area contributed by atoms with Gasteiger partial charge in [-0.25, -0.2) is 4.39 Å². The van der Waals surface area contributed by atoms with Crippen molar-refractivity contribution < 1.29 is 23.4 Å². The summed E-state index contributed by atoms with van der Waals surface area (Å²) in [6.45, 7) is 0.813. The van der Waals surface area contributed by atoms with Gasteiger partial charge in [0.2, 0.25) is 5.91 Å². The highest BCUT2D eigenvalue weighted by atomic mass is 19.1. The lowest BCUT2D eigenvalue weighted by Gasteiger charge is -2.10. The van der Waals surface area contributed by atoms with Crippen molar-refractivity contribution in [2.24, 2.45) is 0 Å². The summed E-state index contributed by atoms with van der Waals surface area (Å²) in [6.07, 6.45) is 0.934. The monoisotopic (exact) mass is 347 g/mol. The molecule has 25 heavy (non-hydrogen) atoms. The molecule has 0 saturated carbocycles. The van der Waals surface area contributed by atoms with Gasteiger partial charge in [0, 0.05) is 13.0 Å². The molecule has 0 bridgehead atoms. The fourth-order valence-electron chi connectivity index (χ4n) is 2.23. The summed E-state index contributed by atoms with van der Waals surface area (Å²) in [6, 6.07) is 11.3. The third-order valence-corrected chi connectivity index (χ3v) is 3.57. The molecule has 1 N–H and O–H groups in total. The molecule has 2 aromatic carbocycles. The van der Waals surface area contributed by atoms with Crippen LogP contribution in [-0.4, -0.2) is 26.7 Å². The number of rotatable bonds is 9. The van der Waals surface area contributed by atoms with Crippen molar-refractivity contribution in [1.29, 1.82) is 0 Å². The lowest BCUT2D eigenvalue weighted by atomic mass is 10.2. The molecule has 0 aromatic heterocycles. The largest absolute Gasteiger partial charge is 0.494 e. The van der Waals surface area contributed by atoms with Gasteiger partial charge in [0.15, 0.2) is 11.5 Å². The maximum atomic E-state index is 12.8. The van der Waals surface area contributed by atoms with E-state index < -0.39 is 0 Å². The second-order valence-electron chi connectivity index (χ2n) is 5.37. The number of nitrogens with one attached hydrogen (secondary N) is 1. The standard InChI is InChI=1S/C19H22FNO4/c1-23-17-10-5-14(12-18(17)24-2)13-21-19(22)4-3-11-25-16-8-6-15(20)7-9-16/h5-10,12H,3-4,11,13H2,1-2H3,(H,21,22). The van der Waals surface area contributed by atoms with Crippen LogP contribution in [0.15, 0.2) is 42.5 Å². The highest BCUT2D eigenvalue weighted by molar-refractivity contribution is 5.75. The Bertz CT molecular complexity index is 688. The molecule has 0 saturated heterocycles. The Kier molecular flexibility index (Phi) is 7.07. The number of halogens is 1. The number of carbonyl (C=O) groups excluding carboxylic acids is 1. The van der Waals surface area contributed by atoms with Gasteiger partial charge in [-0.05, 0) is 48.4 Å². The predicted octanol–water partition coefficient (Wildman–Crippen LogP) is 3.32. The minimum absolute atomic E-state index is 0.0579. The lowest BCUT2D eigenvalue weighted by Crippen LogP contribution is -2.23. The SMILES string of the molecule is COc1ccc(CNC(=O)CCCOc2ccc(F)cc2)cc1OC. The molecular formula is C19H22FNO4. The van der Waals surface area contributed by atoms with E-state index in [4.69, 9.17) is 14.2 Å². The first-order valence-electron chi connectivity index (χ1n) is 7.98. The summed E-state index contributed by atoms with van der Waals surface area (Å²) in [5.41, 5.74) is 0.925. The van der Waals surface area contributed by atoms with E-state index in [0.29, 0.717) is 43.2 Å². The first-order valence-corrected chi connectivity index (χ1v) is 7.98. The molecule has 0 fully saturated rings. The minimum Gasteiger partial charge on any atom is -0.494 e. The van der Waals surface area contributed by atoms with E-state index in [1.54, 1.807) is 32.4 Å². The molecule has 1 amide bonds. The Morgan fingerprint density at radius 2 is 1.76 bits per heavy atom. The zero-order valence-electron chi connectivity index (χ0n) is 14.4. The summed E-state index contributed by atoms with van der Waals surface area (Å²) in [7, 11) is 3.15. The smallest absolute Gasteiger partial charge is 0.220 e. The van der Waals surface area contributed by atoms with Gasteiger partial charge in [0.25, 0.3) is 0 Å². The van der Waals surface area contributed by atoms with Crippen LogP contribution in [0.25, 0.3) is 0 Å². The molecule has 0 aliphatic carbocycles. The fraction of sp³-hybridized carbons (Fsp3) is 0.316. The molecule has 0 atom stereocenters. The summed E-state index contributed by atoms with van der Waals surface area (Å²) in [5, 5.41) is 2.85. The van der Waals surface area contributed by atoms with E-state index >= 15 is 0 Å². The molecule has 5 nitrogen and oxygen atoms in total. The van der Waals surface area contributed by atoms with Crippen molar-refractivity contribution in [1.82, 2.24) is 5.32 Å². The molecule has 2 aromatic rings. The molecule has 0 unspecified atom stereocenters. The second kappa shape index (κ2) is 9.52. The average molecular weight is 347 g/mol. The molecule has 0 spiro atoms. The third-order valence-electron chi connectivity index (χ3n) is 3.57.